The third-order valence-electron chi connectivity index (χ3n) is 4.21. The number of rotatable bonds is 6. The van der Waals surface area contributed by atoms with Crippen LogP contribution in [0.4, 0.5) is 14.9 Å². The van der Waals surface area contributed by atoms with Crippen molar-refractivity contribution < 1.29 is 28.2 Å². The molecule has 1 aliphatic rings. The molecule has 0 spiro atoms. The summed E-state index contributed by atoms with van der Waals surface area (Å²) in [4.78, 5) is 37.6. The average Bonchev–Trinajstić information content (AvgIpc) is 2.98. The Morgan fingerprint density at radius 3 is 2.53 bits per heavy atom. The van der Waals surface area contributed by atoms with Crippen molar-refractivity contribution in [3.8, 4) is 11.5 Å². The van der Waals surface area contributed by atoms with Gasteiger partial charge in [-0.15, -0.1) is 0 Å². The third kappa shape index (κ3) is 4.36. The van der Waals surface area contributed by atoms with E-state index in [1.165, 1.54) is 44.6 Å². The van der Waals surface area contributed by atoms with E-state index in [2.05, 4.69) is 10.6 Å². The summed E-state index contributed by atoms with van der Waals surface area (Å²) in [5, 5.41) is 4.97. The number of nitrogens with one attached hydrogen (secondary N) is 2. The van der Waals surface area contributed by atoms with Crippen LogP contribution in [0.3, 0.4) is 0 Å². The molecule has 1 aliphatic heterocycles. The molecule has 1 fully saturated rings. The van der Waals surface area contributed by atoms with Gasteiger partial charge in [0.15, 0.2) is 11.5 Å². The average molecular weight is 434 g/mol. The maximum Gasteiger partial charge on any atom is 0.329 e. The van der Waals surface area contributed by atoms with Crippen LogP contribution in [0, 0.1) is 5.82 Å². The lowest BCUT2D eigenvalue weighted by Crippen LogP contribution is -2.38. The minimum atomic E-state index is -0.786. The van der Waals surface area contributed by atoms with Crippen molar-refractivity contribution >= 4 is 41.2 Å². The first-order chi connectivity index (χ1) is 14.3. The van der Waals surface area contributed by atoms with E-state index in [-0.39, 0.29) is 16.4 Å². The summed E-state index contributed by atoms with van der Waals surface area (Å²) in [6.45, 7) is -0.587. The van der Waals surface area contributed by atoms with E-state index in [1.54, 1.807) is 12.1 Å². The highest BCUT2D eigenvalue weighted by Crippen LogP contribution is 2.34. The SMILES string of the molecule is COc1cc(Cl)c(/C=C2/NC(=O)N(CC(=O)Nc3ccccc3F)C2=O)cc1OC. The first-order valence-electron chi connectivity index (χ1n) is 8.64. The third-order valence-corrected chi connectivity index (χ3v) is 4.54. The quantitative estimate of drug-likeness (QED) is 0.539. The first-order valence-corrected chi connectivity index (χ1v) is 9.02. The maximum absolute atomic E-state index is 13.7. The van der Waals surface area contributed by atoms with E-state index >= 15 is 0 Å². The molecule has 0 bridgehead atoms. The molecular weight excluding hydrogens is 417 g/mol. The van der Waals surface area contributed by atoms with E-state index in [0.717, 1.165) is 0 Å². The predicted molar refractivity (Wildman–Crippen MR) is 108 cm³/mol. The van der Waals surface area contributed by atoms with Crippen LogP contribution in [0.5, 0.6) is 11.5 Å². The Morgan fingerprint density at radius 2 is 1.87 bits per heavy atom. The largest absolute Gasteiger partial charge is 0.493 e. The molecule has 10 heteroatoms. The number of halogens is 2. The molecule has 0 aliphatic carbocycles. The van der Waals surface area contributed by atoms with Gasteiger partial charge in [0.05, 0.1) is 24.9 Å². The van der Waals surface area contributed by atoms with Gasteiger partial charge in [0, 0.05) is 6.07 Å². The number of ether oxygens (including phenoxy) is 2. The Balaban J connectivity index is 1.78. The fourth-order valence-electron chi connectivity index (χ4n) is 2.75. The lowest BCUT2D eigenvalue weighted by molar-refractivity contribution is -0.127. The molecule has 0 saturated carbocycles. The number of hydrogen-bond donors (Lipinski definition) is 2. The number of anilines is 1. The van der Waals surface area contributed by atoms with Crippen molar-refractivity contribution in [1.29, 1.82) is 0 Å². The molecule has 0 atom stereocenters. The fraction of sp³-hybridized carbons (Fsp3) is 0.150. The van der Waals surface area contributed by atoms with Gasteiger partial charge in [-0.1, -0.05) is 23.7 Å². The van der Waals surface area contributed by atoms with E-state index < -0.39 is 30.2 Å². The van der Waals surface area contributed by atoms with Crippen LogP contribution in [-0.2, 0) is 9.59 Å². The van der Waals surface area contributed by atoms with E-state index in [9.17, 15) is 18.8 Å². The van der Waals surface area contributed by atoms with Gasteiger partial charge in [-0.2, -0.15) is 0 Å². The highest BCUT2D eigenvalue weighted by atomic mass is 35.5. The topological polar surface area (TPSA) is 97.0 Å². The zero-order valence-corrected chi connectivity index (χ0v) is 16.7. The lowest BCUT2D eigenvalue weighted by Gasteiger charge is -2.12. The monoisotopic (exact) mass is 433 g/mol. The van der Waals surface area contributed by atoms with Gasteiger partial charge < -0.3 is 20.1 Å². The van der Waals surface area contributed by atoms with Gasteiger partial charge in [0.1, 0.15) is 18.1 Å². The number of carbonyl (C=O) groups is 3. The van der Waals surface area contributed by atoms with Crippen LogP contribution in [0.2, 0.25) is 5.02 Å². The predicted octanol–water partition coefficient (Wildman–Crippen LogP) is 3.03. The lowest BCUT2D eigenvalue weighted by atomic mass is 10.1. The van der Waals surface area contributed by atoms with Crippen molar-refractivity contribution in [1.82, 2.24) is 10.2 Å². The van der Waals surface area contributed by atoms with Crippen molar-refractivity contribution in [2.75, 3.05) is 26.1 Å². The van der Waals surface area contributed by atoms with Gasteiger partial charge in [0.2, 0.25) is 5.91 Å². The number of urea groups is 1. The highest BCUT2D eigenvalue weighted by Gasteiger charge is 2.35. The van der Waals surface area contributed by atoms with Crippen LogP contribution >= 0.6 is 11.6 Å². The molecular formula is C20H17ClFN3O5. The summed E-state index contributed by atoms with van der Waals surface area (Å²) in [6.07, 6.45) is 1.36. The minimum Gasteiger partial charge on any atom is -0.493 e. The summed E-state index contributed by atoms with van der Waals surface area (Å²) < 4.78 is 24.0. The van der Waals surface area contributed by atoms with Crippen molar-refractivity contribution in [2.45, 2.75) is 0 Å². The number of benzene rings is 2. The van der Waals surface area contributed by atoms with E-state index in [0.29, 0.717) is 22.0 Å². The Morgan fingerprint density at radius 1 is 1.20 bits per heavy atom. The second-order valence-corrected chi connectivity index (χ2v) is 6.54. The Kier molecular flexibility index (Phi) is 6.22. The zero-order valence-electron chi connectivity index (χ0n) is 16.0. The summed E-state index contributed by atoms with van der Waals surface area (Å²) in [5.74, 6) is -1.31. The van der Waals surface area contributed by atoms with Crippen LogP contribution < -0.4 is 20.1 Å². The number of nitrogens with zero attached hydrogens (tertiary/aromatic N) is 1. The molecule has 0 radical (unpaired) electrons. The van der Waals surface area contributed by atoms with E-state index in [4.69, 9.17) is 21.1 Å². The van der Waals surface area contributed by atoms with Crippen LogP contribution in [0.1, 0.15) is 5.56 Å². The van der Waals surface area contributed by atoms with Gasteiger partial charge in [-0.25, -0.2) is 14.1 Å². The normalized spacial score (nSPS) is 14.7. The van der Waals surface area contributed by atoms with Crippen molar-refractivity contribution in [3.63, 3.8) is 0 Å². The van der Waals surface area contributed by atoms with Crippen molar-refractivity contribution in [2.24, 2.45) is 0 Å². The fourth-order valence-corrected chi connectivity index (χ4v) is 2.96. The van der Waals surface area contributed by atoms with Crippen molar-refractivity contribution in [3.05, 3.63) is 58.5 Å². The van der Waals surface area contributed by atoms with Gasteiger partial charge in [-0.3, -0.25) is 9.59 Å². The molecule has 2 N–H and O–H groups in total. The van der Waals surface area contributed by atoms with Gasteiger partial charge in [0.25, 0.3) is 5.91 Å². The number of imide groups is 1. The second kappa shape index (κ2) is 8.83. The van der Waals surface area contributed by atoms with Crippen LogP contribution in [0.25, 0.3) is 6.08 Å². The first kappa shape index (κ1) is 21.1. The minimum absolute atomic E-state index is 0.0533. The maximum atomic E-state index is 13.7. The molecule has 2 aromatic rings. The molecule has 8 nitrogen and oxygen atoms in total. The Labute approximate surface area is 176 Å². The molecule has 4 amide bonds. The van der Waals surface area contributed by atoms with Crippen LogP contribution in [-0.4, -0.2) is 43.5 Å². The van der Waals surface area contributed by atoms with E-state index in [1.807, 2.05) is 0 Å². The number of amides is 4. The smallest absolute Gasteiger partial charge is 0.329 e. The van der Waals surface area contributed by atoms with Crippen LogP contribution in [0.15, 0.2) is 42.1 Å². The van der Waals surface area contributed by atoms with Gasteiger partial charge >= 0.3 is 6.03 Å². The molecule has 1 saturated heterocycles. The molecule has 156 valence electrons. The molecule has 1 heterocycles. The number of para-hydroxylation sites is 1. The van der Waals surface area contributed by atoms with Gasteiger partial charge in [-0.05, 0) is 29.8 Å². The summed E-state index contributed by atoms with van der Waals surface area (Å²) in [6, 6.07) is 7.82. The highest BCUT2D eigenvalue weighted by molar-refractivity contribution is 6.32. The zero-order chi connectivity index (χ0) is 21.8. The number of methoxy groups -OCH3 is 2. The molecule has 3 rings (SSSR count). The number of hydrogen-bond acceptors (Lipinski definition) is 5. The summed E-state index contributed by atoms with van der Waals surface area (Å²) in [7, 11) is 2.90. The Bertz CT molecular complexity index is 1060. The second-order valence-electron chi connectivity index (χ2n) is 6.14. The summed E-state index contributed by atoms with van der Waals surface area (Å²) in [5.41, 5.74) is 0.269. The molecule has 0 aromatic heterocycles. The molecule has 0 unspecified atom stereocenters. The Hall–Kier alpha value is -3.59. The standard InChI is InChI=1S/C20H17ClFN3O5/c1-29-16-8-11(12(21)9-17(16)30-2)7-15-19(27)25(20(28)24-15)10-18(26)23-14-6-4-3-5-13(14)22/h3-9H,10H2,1-2H3,(H,23,26)(H,24,28)/b15-7+. The molecule has 2 aromatic carbocycles. The molecule has 30 heavy (non-hydrogen) atoms. The summed E-state index contributed by atoms with van der Waals surface area (Å²) >= 11 is 6.21. The number of carbonyl (C=O) groups excluding carboxylic acids is 3.